The molecule has 8 heteroatoms. The van der Waals surface area contributed by atoms with Crippen molar-refractivity contribution in [3.8, 4) is 0 Å². The quantitative estimate of drug-likeness (QED) is 0.343. The Bertz CT molecular complexity index is 1440. The van der Waals surface area contributed by atoms with E-state index < -0.39 is 11.6 Å². The summed E-state index contributed by atoms with van der Waals surface area (Å²) in [6.07, 6.45) is 7.64. The number of nitrogens with one attached hydrogen (secondary N) is 3. The van der Waals surface area contributed by atoms with Crippen molar-refractivity contribution < 1.29 is 14.4 Å². The minimum atomic E-state index is -0.722. The first-order chi connectivity index (χ1) is 19.1. The van der Waals surface area contributed by atoms with E-state index in [1.54, 1.807) is 13.1 Å². The van der Waals surface area contributed by atoms with Gasteiger partial charge in [-0.15, -0.1) is 0 Å². The first kappa shape index (κ1) is 27.6. The number of carbonyl (C=O) groups is 3. The molecule has 1 spiro atoms. The molecule has 2 atom stereocenters. The molecule has 2 heterocycles. The van der Waals surface area contributed by atoms with Gasteiger partial charge in [0.1, 0.15) is 6.04 Å². The van der Waals surface area contributed by atoms with E-state index in [2.05, 4.69) is 27.8 Å². The average molecular weight is 542 g/mol. The lowest BCUT2D eigenvalue weighted by atomic mass is 9.73. The molecule has 0 unspecified atom stereocenters. The Morgan fingerprint density at radius 1 is 1.12 bits per heavy atom. The van der Waals surface area contributed by atoms with Gasteiger partial charge in [-0.2, -0.15) is 0 Å². The van der Waals surface area contributed by atoms with Gasteiger partial charge in [-0.05, 0) is 55.9 Å². The molecule has 0 radical (unpaired) electrons. The Balaban J connectivity index is 1.35. The van der Waals surface area contributed by atoms with Crippen LogP contribution < -0.4 is 16.4 Å². The molecule has 1 aliphatic carbocycles. The minimum absolute atomic E-state index is 0.0399. The Kier molecular flexibility index (Phi) is 7.55. The Morgan fingerprint density at radius 3 is 2.55 bits per heavy atom. The molecular formula is C32H39N5O3. The average Bonchev–Trinajstić information content (AvgIpc) is 3.50. The molecule has 3 aromatic rings. The van der Waals surface area contributed by atoms with Gasteiger partial charge in [0.05, 0.1) is 5.92 Å². The van der Waals surface area contributed by atoms with Crippen LogP contribution in [0.5, 0.6) is 0 Å². The van der Waals surface area contributed by atoms with Gasteiger partial charge in [-0.3, -0.25) is 14.4 Å². The summed E-state index contributed by atoms with van der Waals surface area (Å²) in [5, 5.41) is 6.82. The fourth-order valence-electron chi connectivity index (χ4n) is 6.38. The number of piperidine rings is 1. The molecule has 40 heavy (non-hydrogen) atoms. The molecule has 1 saturated heterocycles. The second kappa shape index (κ2) is 10.9. The van der Waals surface area contributed by atoms with Gasteiger partial charge < -0.3 is 26.3 Å². The normalized spacial score (nSPS) is 19.1. The molecular weight excluding hydrogens is 502 g/mol. The molecule has 210 valence electrons. The Hall–Kier alpha value is -3.91. The topological polar surface area (TPSA) is 120 Å². The molecule has 1 fully saturated rings. The number of amides is 3. The highest BCUT2D eigenvalue weighted by Gasteiger charge is 2.48. The number of para-hydroxylation sites is 1. The van der Waals surface area contributed by atoms with Crippen molar-refractivity contribution in [3.05, 3.63) is 83.6 Å². The molecule has 0 bridgehead atoms. The first-order valence-electron chi connectivity index (χ1n) is 14.0. The predicted molar refractivity (Wildman–Crippen MR) is 157 cm³/mol. The highest BCUT2D eigenvalue weighted by molar-refractivity contribution is 5.94. The van der Waals surface area contributed by atoms with E-state index in [-0.39, 0.29) is 29.1 Å². The van der Waals surface area contributed by atoms with Crippen LogP contribution in [0, 0.1) is 0 Å². The van der Waals surface area contributed by atoms with Crippen LogP contribution in [0.1, 0.15) is 55.7 Å². The maximum atomic E-state index is 14.0. The SMILES string of the molecule is CNC(=O)[C@@H]1CC2(CCN(C(=O)[C@@H](Cc3c[nH]c4ccccc34)NC(=O)/C=C/C(C)(C)N)CC2)c2ccccc21. The fourth-order valence-corrected chi connectivity index (χ4v) is 6.38. The molecule has 3 amide bonds. The van der Waals surface area contributed by atoms with Crippen LogP contribution in [-0.4, -0.2) is 59.3 Å². The van der Waals surface area contributed by atoms with Crippen molar-refractivity contribution in [2.24, 2.45) is 5.73 Å². The number of likely N-dealkylation sites (N-methyl/N-ethyl adjacent to an activating group) is 1. The molecule has 1 aromatic heterocycles. The van der Waals surface area contributed by atoms with E-state index in [9.17, 15) is 14.4 Å². The van der Waals surface area contributed by atoms with Crippen LogP contribution in [0.4, 0.5) is 0 Å². The summed E-state index contributed by atoms with van der Waals surface area (Å²) in [6, 6.07) is 15.5. The minimum Gasteiger partial charge on any atom is -0.361 e. The number of benzene rings is 2. The lowest BCUT2D eigenvalue weighted by molar-refractivity contribution is -0.137. The van der Waals surface area contributed by atoms with Gasteiger partial charge >= 0.3 is 0 Å². The lowest BCUT2D eigenvalue weighted by Gasteiger charge is -2.41. The van der Waals surface area contributed by atoms with Gasteiger partial charge in [0, 0.05) is 60.7 Å². The maximum Gasteiger partial charge on any atom is 0.245 e. The van der Waals surface area contributed by atoms with Crippen LogP contribution in [-0.2, 0) is 26.2 Å². The second-order valence-corrected chi connectivity index (χ2v) is 11.8. The van der Waals surface area contributed by atoms with Crippen molar-refractivity contribution in [2.75, 3.05) is 20.1 Å². The second-order valence-electron chi connectivity index (χ2n) is 11.8. The van der Waals surface area contributed by atoms with Crippen molar-refractivity contribution in [1.29, 1.82) is 0 Å². The van der Waals surface area contributed by atoms with Crippen molar-refractivity contribution in [3.63, 3.8) is 0 Å². The number of H-pyrrole nitrogens is 1. The van der Waals surface area contributed by atoms with Crippen LogP contribution in [0.25, 0.3) is 10.9 Å². The summed E-state index contributed by atoms with van der Waals surface area (Å²) in [5.41, 5.74) is 9.55. The summed E-state index contributed by atoms with van der Waals surface area (Å²) < 4.78 is 0. The maximum absolute atomic E-state index is 14.0. The van der Waals surface area contributed by atoms with E-state index in [0.717, 1.165) is 41.3 Å². The van der Waals surface area contributed by atoms with Crippen molar-refractivity contribution in [2.45, 2.75) is 62.4 Å². The zero-order valence-corrected chi connectivity index (χ0v) is 23.5. The molecule has 2 aromatic carbocycles. The van der Waals surface area contributed by atoms with E-state index in [0.29, 0.717) is 19.5 Å². The lowest BCUT2D eigenvalue weighted by Crippen LogP contribution is -2.53. The number of hydrogen-bond acceptors (Lipinski definition) is 4. The van der Waals surface area contributed by atoms with E-state index >= 15 is 0 Å². The van der Waals surface area contributed by atoms with Crippen LogP contribution in [0.15, 0.2) is 66.9 Å². The molecule has 5 rings (SSSR count). The summed E-state index contributed by atoms with van der Waals surface area (Å²) in [7, 11) is 1.68. The number of carbonyl (C=O) groups excluding carboxylic acids is 3. The predicted octanol–water partition coefficient (Wildman–Crippen LogP) is 3.28. The van der Waals surface area contributed by atoms with Crippen molar-refractivity contribution in [1.82, 2.24) is 20.5 Å². The van der Waals surface area contributed by atoms with Crippen molar-refractivity contribution >= 4 is 28.6 Å². The monoisotopic (exact) mass is 541 g/mol. The van der Waals surface area contributed by atoms with Crippen LogP contribution >= 0.6 is 0 Å². The number of rotatable bonds is 7. The van der Waals surface area contributed by atoms with Crippen LogP contribution in [0.3, 0.4) is 0 Å². The number of nitrogens with two attached hydrogens (primary N) is 1. The zero-order valence-electron chi connectivity index (χ0n) is 23.5. The van der Waals surface area contributed by atoms with Gasteiger partial charge in [0.25, 0.3) is 0 Å². The summed E-state index contributed by atoms with van der Waals surface area (Å²) >= 11 is 0. The summed E-state index contributed by atoms with van der Waals surface area (Å²) in [6.45, 7) is 4.76. The number of aromatic nitrogens is 1. The largest absolute Gasteiger partial charge is 0.361 e. The number of likely N-dealkylation sites (tertiary alicyclic amines) is 1. The van der Waals surface area contributed by atoms with Gasteiger partial charge in [-0.25, -0.2) is 0 Å². The molecule has 0 saturated carbocycles. The summed E-state index contributed by atoms with van der Waals surface area (Å²) in [4.78, 5) is 44.7. The molecule has 5 N–H and O–H groups in total. The van der Waals surface area contributed by atoms with Crippen LogP contribution in [0.2, 0.25) is 0 Å². The smallest absolute Gasteiger partial charge is 0.245 e. The number of nitrogens with zero attached hydrogens (tertiary/aromatic N) is 1. The van der Waals surface area contributed by atoms with E-state index in [1.807, 2.05) is 61.3 Å². The highest BCUT2D eigenvalue weighted by atomic mass is 16.2. The Labute approximate surface area is 235 Å². The number of aromatic amines is 1. The number of fused-ring (bicyclic) bond motifs is 3. The summed E-state index contributed by atoms with van der Waals surface area (Å²) in [5.74, 6) is -0.569. The van der Waals surface area contributed by atoms with Gasteiger partial charge in [0.15, 0.2) is 0 Å². The standard InChI is InChI=1S/C32H39N5O3/c1-31(2,33)13-12-28(38)36-27(18-21-20-35-26-11-7-5-8-22(21)26)30(40)37-16-14-32(15-17-37)19-24(29(39)34-3)23-9-4-6-10-25(23)32/h4-13,20,24,27,35H,14-19,33H2,1-3H3,(H,34,39)(H,36,38)/b13-12+/t24-,27-/m1/s1. The Morgan fingerprint density at radius 2 is 1.82 bits per heavy atom. The molecule has 2 aliphatic rings. The van der Waals surface area contributed by atoms with Gasteiger partial charge in [0.2, 0.25) is 17.7 Å². The molecule has 8 nitrogen and oxygen atoms in total. The number of hydrogen-bond donors (Lipinski definition) is 4. The third-order valence-electron chi connectivity index (χ3n) is 8.48. The van der Waals surface area contributed by atoms with E-state index in [1.165, 1.54) is 11.6 Å². The molecule has 1 aliphatic heterocycles. The third kappa shape index (κ3) is 5.54. The fraction of sp³-hybridized carbons (Fsp3) is 0.406. The zero-order chi connectivity index (χ0) is 28.5. The highest BCUT2D eigenvalue weighted by Crippen LogP contribution is 2.51. The third-order valence-corrected chi connectivity index (χ3v) is 8.48. The first-order valence-corrected chi connectivity index (χ1v) is 14.0. The van der Waals surface area contributed by atoms with Gasteiger partial charge in [-0.1, -0.05) is 48.5 Å². The van der Waals surface area contributed by atoms with E-state index in [4.69, 9.17) is 5.73 Å².